The lowest BCUT2D eigenvalue weighted by atomic mass is 10.0. The zero-order valence-corrected chi connectivity index (χ0v) is 17.6. The van der Waals surface area contributed by atoms with E-state index in [4.69, 9.17) is 4.74 Å². The number of halogens is 1. The Morgan fingerprint density at radius 1 is 1.22 bits per heavy atom. The fourth-order valence-electron chi connectivity index (χ4n) is 2.81. The second-order valence-corrected chi connectivity index (χ2v) is 9.44. The molecule has 27 heavy (non-hydrogen) atoms. The Balaban J connectivity index is 2.18. The number of carbonyl (C=O) groups is 1. The van der Waals surface area contributed by atoms with Crippen molar-refractivity contribution in [2.75, 3.05) is 6.61 Å². The summed E-state index contributed by atoms with van der Waals surface area (Å²) in [7, 11) is 0. The summed E-state index contributed by atoms with van der Waals surface area (Å²) in [4.78, 5) is 23.5. The zero-order valence-electron chi connectivity index (χ0n) is 15.9. The molecule has 2 aromatic heterocycles. The van der Waals surface area contributed by atoms with Gasteiger partial charge in [-0.15, -0.1) is 11.3 Å². The molecule has 3 rings (SSSR count). The summed E-state index contributed by atoms with van der Waals surface area (Å²) in [6.45, 7) is 9.64. The lowest BCUT2D eigenvalue weighted by Crippen LogP contribution is -2.30. The quantitative estimate of drug-likeness (QED) is 0.317. The highest BCUT2D eigenvalue weighted by atomic mass is 32.2. The molecule has 0 aliphatic carbocycles. The highest BCUT2D eigenvalue weighted by Crippen LogP contribution is 2.44. The van der Waals surface area contributed by atoms with Gasteiger partial charge in [-0.1, -0.05) is 23.9 Å². The predicted molar refractivity (Wildman–Crippen MR) is 109 cm³/mol. The predicted octanol–water partition coefficient (Wildman–Crippen LogP) is 5.55. The first-order chi connectivity index (χ1) is 12.7. The minimum atomic E-state index is -0.792. The van der Waals surface area contributed by atoms with E-state index in [1.165, 1.54) is 23.9 Å². The van der Waals surface area contributed by atoms with E-state index < -0.39 is 4.75 Å². The number of ether oxygens (including phenoxy) is 1. The smallest absolute Gasteiger partial charge is 0.322 e. The number of rotatable bonds is 5. The van der Waals surface area contributed by atoms with Gasteiger partial charge in [0.25, 0.3) is 0 Å². The van der Waals surface area contributed by atoms with Gasteiger partial charge in [0, 0.05) is 10.4 Å². The Hall–Kier alpha value is -1.99. The van der Waals surface area contributed by atoms with Crippen LogP contribution in [0.2, 0.25) is 0 Å². The molecule has 7 heteroatoms. The van der Waals surface area contributed by atoms with Gasteiger partial charge in [0.15, 0.2) is 0 Å². The molecule has 0 fully saturated rings. The molecular formula is C20H21FN2O2S2. The largest absolute Gasteiger partial charge is 0.465 e. The standard InChI is InChI=1S/C20H21FN2O2S2/c1-6-25-19(24)20(4,5)27-18-16-15(13-7-9-14(21)10-8-13)11(2)26-17(16)22-12(3)23-18/h7-10H,6H2,1-5H3. The van der Waals surface area contributed by atoms with Crippen LogP contribution in [0.15, 0.2) is 29.3 Å². The molecule has 2 heterocycles. The molecule has 0 saturated carbocycles. The Bertz CT molecular complexity index is 997. The second kappa shape index (κ2) is 7.56. The van der Waals surface area contributed by atoms with Gasteiger partial charge in [0.1, 0.15) is 26.2 Å². The van der Waals surface area contributed by atoms with Crippen LogP contribution in [0.1, 0.15) is 31.5 Å². The number of hydrogen-bond acceptors (Lipinski definition) is 6. The van der Waals surface area contributed by atoms with Crippen molar-refractivity contribution in [1.29, 1.82) is 0 Å². The van der Waals surface area contributed by atoms with Crippen LogP contribution in [0.25, 0.3) is 21.3 Å². The number of nitrogens with zero attached hydrogens (tertiary/aromatic N) is 2. The molecule has 0 aliphatic heterocycles. The Morgan fingerprint density at radius 2 is 1.89 bits per heavy atom. The van der Waals surface area contributed by atoms with Crippen LogP contribution in [0.3, 0.4) is 0 Å². The minimum absolute atomic E-state index is 0.277. The van der Waals surface area contributed by atoms with E-state index in [9.17, 15) is 9.18 Å². The van der Waals surface area contributed by atoms with Gasteiger partial charge in [-0.25, -0.2) is 14.4 Å². The summed E-state index contributed by atoms with van der Waals surface area (Å²) in [5.74, 6) is 0.0901. The number of carbonyl (C=O) groups excluding carboxylic acids is 1. The van der Waals surface area contributed by atoms with Crippen LogP contribution in [-0.2, 0) is 9.53 Å². The first-order valence-electron chi connectivity index (χ1n) is 8.63. The van der Waals surface area contributed by atoms with Crippen molar-refractivity contribution in [3.63, 3.8) is 0 Å². The van der Waals surface area contributed by atoms with Gasteiger partial charge >= 0.3 is 5.97 Å². The number of esters is 1. The molecule has 0 bridgehead atoms. The molecule has 0 N–H and O–H groups in total. The maximum atomic E-state index is 13.4. The fourth-order valence-corrected chi connectivity index (χ4v) is 5.07. The molecule has 0 radical (unpaired) electrons. The summed E-state index contributed by atoms with van der Waals surface area (Å²) < 4.78 is 17.8. The van der Waals surface area contributed by atoms with E-state index in [0.29, 0.717) is 12.4 Å². The van der Waals surface area contributed by atoms with Crippen molar-refractivity contribution in [3.05, 3.63) is 40.8 Å². The highest BCUT2D eigenvalue weighted by molar-refractivity contribution is 8.01. The summed E-state index contributed by atoms with van der Waals surface area (Å²) in [6, 6.07) is 6.41. The summed E-state index contributed by atoms with van der Waals surface area (Å²) in [5.41, 5.74) is 1.89. The first-order valence-corrected chi connectivity index (χ1v) is 10.3. The van der Waals surface area contributed by atoms with Crippen molar-refractivity contribution in [3.8, 4) is 11.1 Å². The van der Waals surface area contributed by atoms with Crippen LogP contribution < -0.4 is 0 Å². The van der Waals surface area contributed by atoms with E-state index in [-0.39, 0.29) is 11.8 Å². The van der Waals surface area contributed by atoms with Gasteiger partial charge in [-0.3, -0.25) is 4.79 Å². The van der Waals surface area contributed by atoms with Gasteiger partial charge < -0.3 is 4.74 Å². The van der Waals surface area contributed by atoms with Gasteiger partial charge in [0.05, 0.1) is 12.0 Å². The minimum Gasteiger partial charge on any atom is -0.465 e. The van der Waals surface area contributed by atoms with Gasteiger partial charge in [-0.2, -0.15) is 0 Å². The van der Waals surface area contributed by atoms with E-state index in [2.05, 4.69) is 9.97 Å². The molecular weight excluding hydrogens is 383 g/mol. The van der Waals surface area contributed by atoms with E-state index >= 15 is 0 Å². The maximum Gasteiger partial charge on any atom is 0.322 e. The van der Waals surface area contributed by atoms with Crippen molar-refractivity contribution in [2.24, 2.45) is 0 Å². The fraction of sp³-hybridized carbons (Fsp3) is 0.350. The molecule has 4 nitrogen and oxygen atoms in total. The number of aryl methyl sites for hydroxylation is 2. The molecule has 1 aromatic carbocycles. The molecule has 0 unspecified atom stereocenters. The third kappa shape index (κ3) is 3.99. The van der Waals surface area contributed by atoms with E-state index in [1.54, 1.807) is 30.4 Å². The topological polar surface area (TPSA) is 52.1 Å². The van der Waals surface area contributed by atoms with Crippen LogP contribution in [0.4, 0.5) is 4.39 Å². The lowest BCUT2D eigenvalue weighted by molar-refractivity contribution is -0.145. The summed E-state index contributed by atoms with van der Waals surface area (Å²) in [6.07, 6.45) is 0. The molecule has 0 amide bonds. The average molecular weight is 405 g/mol. The van der Waals surface area contributed by atoms with Gasteiger partial charge in [-0.05, 0) is 52.3 Å². The van der Waals surface area contributed by atoms with Gasteiger partial charge in [0.2, 0.25) is 0 Å². The number of hydrogen-bond donors (Lipinski definition) is 0. The molecule has 0 aliphatic rings. The zero-order chi connectivity index (χ0) is 19.8. The third-order valence-electron chi connectivity index (χ3n) is 4.06. The van der Waals surface area contributed by atoms with Crippen molar-refractivity contribution >= 4 is 39.3 Å². The highest BCUT2D eigenvalue weighted by Gasteiger charge is 2.33. The monoisotopic (exact) mass is 404 g/mol. The normalized spacial score (nSPS) is 11.8. The number of thiophene rings is 1. The Kier molecular flexibility index (Phi) is 5.53. The van der Waals surface area contributed by atoms with Crippen molar-refractivity contribution in [1.82, 2.24) is 9.97 Å². The lowest BCUT2D eigenvalue weighted by Gasteiger charge is -2.21. The number of fused-ring (bicyclic) bond motifs is 1. The van der Waals surface area contributed by atoms with Crippen LogP contribution in [-0.4, -0.2) is 27.3 Å². The second-order valence-electron chi connectivity index (χ2n) is 6.63. The molecule has 0 atom stereocenters. The SMILES string of the molecule is CCOC(=O)C(C)(C)Sc1nc(C)nc2sc(C)c(-c3ccc(F)cc3)c12. The summed E-state index contributed by atoms with van der Waals surface area (Å²) in [5, 5.41) is 1.64. The average Bonchev–Trinajstić information content (AvgIpc) is 2.91. The summed E-state index contributed by atoms with van der Waals surface area (Å²) >= 11 is 2.95. The van der Waals surface area contributed by atoms with E-state index in [0.717, 1.165) is 31.2 Å². The third-order valence-corrected chi connectivity index (χ3v) is 6.22. The molecule has 0 spiro atoms. The Labute approximate surface area is 166 Å². The molecule has 3 aromatic rings. The first kappa shape index (κ1) is 19.8. The van der Waals surface area contributed by atoms with Crippen LogP contribution in [0, 0.1) is 19.7 Å². The van der Waals surface area contributed by atoms with Crippen molar-refractivity contribution in [2.45, 2.75) is 44.4 Å². The molecule has 142 valence electrons. The molecule has 0 saturated heterocycles. The number of thioether (sulfide) groups is 1. The number of aromatic nitrogens is 2. The Morgan fingerprint density at radius 3 is 2.52 bits per heavy atom. The van der Waals surface area contributed by atoms with Crippen molar-refractivity contribution < 1.29 is 13.9 Å². The maximum absolute atomic E-state index is 13.4. The van der Waals surface area contributed by atoms with Crippen LogP contribution >= 0.6 is 23.1 Å². The van der Waals surface area contributed by atoms with Crippen LogP contribution in [0.5, 0.6) is 0 Å². The number of benzene rings is 1. The van der Waals surface area contributed by atoms with E-state index in [1.807, 2.05) is 27.7 Å².